The van der Waals surface area contributed by atoms with Crippen LogP contribution in [0.3, 0.4) is 0 Å². The molecule has 0 saturated carbocycles. The summed E-state index contributed by atoms with van der Waals surface area (Å²) in [5.41, 5.74) is 2.03. The summed E-state index contributed by atoms with van der Waals surface area (Å²) in [4.78, 5) is 21.3. The molecule has 0 fully saturated rings. The fourth-order valence-corrected chi connectivity index (χ4v) is 0.748. The van der Waals surface area contributed by atoms with Crippen molar-refractivity contribution >= 4 is 11.9 Å². The Morgan fingerprint density at radius 1 is 1.38 bits per heavy atom. The van der Waals surface area contributed by atoms with Crippen molar-refractivity contribution in [2.75, 3.05) is 6.61 Å². The molecule has 5 nitrogen and oxygen atoms in total. The van der Waals surface area contributed by atoms with Crippen LogP contribution in [0, 0.1) is 0 Å². The summed E-state index contributed by atoms with van der Waals surface area (Å²) in [6, 6.07) is 0. The minimum Gasteiger partial charge on any atom is -0.466 e. The van der Waals surface area contributed by atoms with Crippen LogP contribution in [0.25, 0.3) is 0 Å². The summed E-state index contributed by atoms with van der Waals surface area (Å²) >= 11 is 0. The maximum absolute atomic E-state index is 10.6. The van der Waals surface area contributed by atoms with Crippen molar-refractivity contribution in [1.29, 1.82) is 0 Å². The van der Waals surface area contributed by atoms with Crippen LogP contribution < -0.4 is 11.3 Å². The van der Waals surface area contributed by atoms with Crippen LogP contribution in [-0.4, -0.2) is 18.5 Å². The zero-order chi connectivity index (χ0) is 10.1. The van der Waals surface area contributed by atoms with Gasteiger partial charge in [-0.05, 0) is 12.8 Å². The van der Waals surface area contributed by atoms with E-state index in [9.17, 15) is 9.59 Å². The van der Waals surface area contributed by atoms with Gasteiger partial charge in [0.25, 0.3) is 0 Å². The van der Waals surface area contributed by atoms with Crippen LogP contribution >= 0.6 is 0 Å². The molecule has 13 heavy (non-hydrogen) atoms. The highest BCUT2D eigenvalue weighted by molar-refractivity contribution is 5.75. The fourth-order valence-electron chi connectivity index (χ4n) is 0.748. The van der Waals surface area contributed by atoms with Crippen molar-refractivity contribution in [2.24, 2.45) is 5.84 Å². The van der Waals surface area contributed by atoms with E-state index in [-0.39, 0.29) is 11.9 Å². The fraction of sp³-hybridized carbons (Fsp3) is 0.750. The lowest BCUT2D eigenvalue weighted by Gasteiger charge is -2.02. The summed E-state index contributed by atoms with van der Waals surface area (Å²) in [7, 11) is 0. The SMILES string of the molecule is CCC(=O)OCCCCC(=O)NN. The van der Waals surface area contributed by atoms with Gasteiger partial charge in [0, 0.05) is 12.8 Å². The standard InChI is InChI=1S/C8H16N2O3/c1-2-8(12)13-6-4-3-5-7(11)10-9/h2-6,9H2,1H3,(H,10,11). The summed E-state index contributed by atoms with van der Waals surface area (Å²) in [6.45, 7) is 2.12. The maximum atomic E-state index is 10.6. The lowest BCUT2D eigenvalue weighted by molar-refractivity contribution is -0.143. The van der Waals surface area contributed by atoms with Gasteiger partial charge in [-0.2, -0.15) is 0 Å². The quantitative estimate of drug-likeness (QED) is 0.204. The van der Waals surface area contributed by atoms with Gasteiger partial charge in [-0.3, -0.25) is 15.0 Å². The van der Waals surface area contributed by atoms with Crippen LogP contribution in [0.4, 0.5) is 0 Å². The van der Waals surface area contributed by atoms with E-state index in [0.29, 0.717) is 32.3 Å². The second-order valence-corrected chi connectivity index (χ2v) is 2.60. The third-order valence-electron chi connectivity index (χ3n) is 1.51. The molecular formula is C8H16N2O3. The zero-order valence-corrected chi connectivity index (χ0v) is 7.84. The molecule has 0 heterocycles. The number of hydrogen-bond donors (Lipinski definition) is 2. The van der Waals surface area contributed by atoms with Crippen molar-refractivity contribution in [3.8, 4) is 0 Å². The maximum Gasteiger partial charge on any atom is 0.305 e. The number of amides is 1. The van der Waals surface area contributed by atoms with Crippen molar-refractivity contribution in [3.63, 3.8) is 0 Å². The van der Waals surface area contributed by atoms with Crippen molar-refractivity contribution in [3.05, 3.63) is 0 Å². The van der Waals surface area contributed by atoms with E-state index in [1.807, 2.05) is 5.43 Å². The van der Waals surface area contributed by atoms with E-state index in [1.54, 1.807) is 6.92 Å². The van der Waals surface area contributed by atoms with Gasteiger partial charge in [0.1, 0.15) is 0 Å². The molecule has 0 aliphatic carbocycles. The van der Waals surface area contributed by atoms with Crippen molar-refractivity contribution < 1.29 is 14.3 Å². The van der Waals surface area contributed by atoms with E-state index < -0.39 is 0 Å². The minimum absolute atomic E-state index is 0.193. The average Bonchev–Trinajstić information content (AvgIpc) is 2.16. The number of carbonyl (C=O) groups excluding carboxylic acids is 2. The van der Waals surface area contributed by atoms with E-state index >= 15 is 0 Å². The highest BCUT2D eigenvalue weighted by Gasteiger charge is 1.99. The van der Waals surface area contributed by atoms with Gasteiger partial charge in [0.2, 0.25) is 5.91 Å². The normalized spacial score (nSPS) is 9.38. The van der Waals surface area contributed by atoms with E-state index in [0.717, 1.165) is 0 Å². The molecule has 0 radical (unpaired) electrons. The van der Waals surface area contributed by atoms with Crippen molar-refractivity contribution in [2.45, 2.75) is 32.6 Å². The number of ether oxygens (including phenoxy) is 1. The molecule has 1 amide bonds. The third kappa shape index (κ3) is 7.27. The molecule has 0 saturated heterocycles. The van der Waals surface area contributed by atoms with Crippen molar-refractivity contribution in [1.82, 2.24) is 5.43 Å². The van der Waals surface area contributed by atoms with Crippen LogP contribution in [0.2, 0.25) is 0 Å². The van der Waals surface area contributed by atoms with E-state index in [1.165, 1.54) is 0 Å². The minimum atomic E-state index is -0.205. The highest BCUT2D eigenvalue weighted by atomic mass is 16.5. The summed E-state index contributed by atoms with van der Waals surface area (Å²) in [6.07, 6.45) is 2.14. The Labute approximate surface area is 77.6 Å². The van der Waals surface area contributed by atoms with Gasteiger partial charge in [0.05, 0.1) is 6.61 Å². The van der Waals surface area contributed by atoms with Gasteiger partial charge in [-0.15, -0.1) is 0 Å². The number of nitrogens with one attached hydrogen (secondary N) is 1. The molecule has 0 aliphatic heterocycles. The predicted molar refractivity (Wildman–Crippen MR) is 47.4 cm³/mol. The van der Waals surface area contributed by atoms with E-state index in [4.69, 9.17) is 10.6 Å². The smallest absolute Gasteiger partial charge is 0.305 e. The average molecular weight is 188 g/mol. The van der Waals surface area contributed by atoms with Crippen LogP contribution in [-0.2, 0) is 14.3 Å². The number of rotatable bonds is 6. The topological polar surface area (TPSA) is 81.4 Å². The number of unbranched alkanes of at least 4 members (excludes halogenated alkanes) is 1. The highest BCUT2D eigenvalue weighted by Crippen LogP contribution is 1.96. The molecule has 0 spiro atoms. The second-order valence-electron chi connectivity index (χ2n) is 2.60. The Bertz CT molecular complexity index is 153. The molecule has 0 rings (SSSR count). The predicted octanol–water partition coefficient (Wildman–Crippen LogP) is 0.0998. The third-order valence-corrected chi connectivity index (χ3v) is 1.51. The first-order chi connectivity index (χ1) is 6.20. The zero-order valence-electron chi connectivity index (χ0n) is 7.84. The molecule has 0 aromatic carbocycles. The lowest BCUT2D eigenvalue weighted by atomic mass is 10.2. The monoisotopic (exact) mass is 188 g/mol. The largest absolute Gasteiger partial charge is 0.466 e. The Morgan fingerprint density at radius 3 is 2.62 bits per heavy atom. The molecule has 5 heteroatoms. The second kappa shape index (κ2) is 7.54. The molecule has 3 N–H and O–H groups in total. The molecular weight excluding hydrogens is 172 g/mol. The molecule has 0 bridgehead atoms. The first-order valence-electron chi connectivity index (χ1n) is 4.35. The van der Waals surface area contributed by atoms with Gasteiger partial charge in [-0.1, -0.05) is 6.92 Å². The van der Waals surface area contributed by atoms with Gasteiger partial charge in [-0.25, -0.2) is 5.84 Å². The molecule has 0 aromatic rings. The summed E-state index contributed by atoms with van der Waals surface area (Å²) in [5.74, 6) is 4.47. The first-order valence-corrected chi connectivity index (χ1v) is 4.35. The number of hydrazine groups is 1. The summed E-state index contributed by atoms with van der Waals surface area (Å²) in [5, 5.41) is 0. The number of hydrogen-bond acceptors (Lipinski definition) is 4. The van der Waals surface area contributed by atoms with Crippen LogP contribution in [0.5, 0.6) is 0 Å². The molecule has 0 aliphatic rings. The lowest BCUT2D eigenvalue weighted by Crippen LogP contribution is -2.29. The van der Waals surface area contributed by atoms with Gasteiger partial charge < -0.3 is 4.74 Å². The molecule has 0 unspecified atom stereocenters. The van der Waals surface area contributed by atoms with E-state index in [2.05, 4.69) is 0 Å². The number of esters is 1. The Kier molecular flexibility index (Phi) is 6.91. The Balaban J connectivity index is 3.17. The molecule has 0 atom stereocenters. The van der Waals surface area contributed by atoms with Crippen LogP contribution in [0.15, 0.2) is 0 Å². The summed E-state index contributed by atoms with van der Waals surface area (Å²) < 4.78 is 4.80. The Morgan fingerprint density at radius 2 is 2.08 bits per heavy atom. The van der Waals surface area contributed by atoms with Gasteiger partial charge >= 0.3 is 5.97 Å². The van der Waals surface area contributed by atoms with Crippen LogP contribution in [0.1, 0.15) is 32.6 Å². The Hall–Kier alpha value is -1.10. The van der Waals surface area contributed by atoms with Gasteiger partial charge in [0.15, 0.2) is 0 Å². The number of nitrogens with two attached hydrogens (primary N) is 1. The number of carbonyl (C=O) groups is 2. The molecule has 76 valence electrons. The first kappa shape index (κ1) is 11.9. The molecule has 0 aromatic heterocycles.